The highest BCUT2D eigenvalue weighted by molar-refractivity contribution is 6.05. The first kappa shape index (κ1) is 17.3. The third kappa shape index (κ3) is 3.32. The van der Waals surface area contributed by atoms with E-state index in [0.717, 1.165) is 25.7 Å². The van der Waals surface area contributed by atoms with Crippen LogP contribution in [0.1, 0.15) is 48.0 Å². The number of carbonyl (C=O) groups is 1. The number of nitro groups is 1. The number of benzene rings is 2. The molecule has 0 radical (unpaired) electrons. The van der Waals surface area contributed by atoms with Gasteiger partial charge in [-0.2, -0.15) is 0 Å². The Kier molecular flexibility index (Phi) is 4.22. The van der Waals surface area contributed by atoms with Gasteiger partial charge in [-0.3, -0.25) is 14.9 Å². The van der Waals surface area contributed by atoms with Crippen LogP contribution in [0.5, 0.6) is 11.5 Å². The summed E-state index contributed by atoms with van der Waals surface area (Å²) in [6.45, 7) is 1.74. The van der Waals surface area contributed by atoms with Gasteiger partial charge in [0, 0.05) is 42.3 Å². The van der Waals surface area contributed by atoms with Gasteiger partial charge < -0.3 is 14.8 Å². The fourth-order valence-corrected chi connectivity index (χ4v) is 3.63. The molecule has 0 saturated heterocycles. The van der Waals surface area contributed by atoms with Crippen LogP contribution in [0.2, 0.25) is 0 Å². The van der Waals surface area contributed by atoms with Crippen molar-refractivity contribution in [2.75, 3.05) is 5.32 Å². The molecule has 0 aromatic heterocycles. The molecule has 2 aromatic rings. The number of carbonyl (C=O) groups excluding carboxylic acids is 1. The molecule has 0 unspecified atom stereocenters. The molecule has 1 aliphatic carbocycles. The van der Waals surface area contributed by atoms with Gasteiger partial charge in [-0.1, -0.05) is 12.5 Å². The van der Waals surface area contributed by atoms with Crippen molar-refractivity contribution >= 4 is 17.3 Å². The maximum atomic E-state index is 12.6. The van der Waals surface area contributed by atoms with Crippen LogP contribution in [0.3, 0.4) is 0 Å². The van der Waals surface area contributed by atoms with Crippen LogP contribution in [0.15, 0.2) is 36.4 Å². The highest BCUT2D eigenvalue weighted by Gasteiger charge is 2.42. The molecule has 1 spiro atoms. The fourth-order valence-electron chi connectivity index (χ4n) is 3.63. The molecule has 4 rings (SSSR count). The van der Waals surface area contributed by atoms with Crippen molar-refractivity contribution in [3.63, 3.8) is 0 Å². The summed E-state index contributed by atoms with van der Waals surface area (Å²) in [6, 6.07) is 9.51. The molecule has 7 heteroatoms. The van der Waals surface area contributed by atoms with E-state index in [1.165, 1.54) is 18.6 Å². The minimum Gasteiger partial charge on any atom is -0.448 e. The van der Waals surface area contributed by atoms with E-state index in [1.807, 2.05) is 0 Å². The van der Waals surface area contributed by atoms with Gasteiger partial charge in [-0.15, -0.1) is 0 Å². The van der Waals surface area contributed by atoms with Crippen molar-refractivity contribution in [1.29, 1.82) is 0 Å². The minimum absolute atomic E-state index is 0.115. The number of hydrogen-bond acceptors (Lipinski definition) is 5. The van der Waals surface area contributed by atoms with Crippen LogP contribution >= 0.6 is 0 Å². The Morgan fingerprint density at radius 1 is 1.07 bits per heavy atom. The predicted molar refractivity (Wildman–Crippen MR) is 99.3 cm³/mol. The van der Waals surface area contributed by atoms with Gasteiger partial charge in [-0.05, 0) is 37.5 Å². The summed E-state index contributed by atoms with van der Waals surface area (Å²) in [5, 5.41) is 13.8. The van der Waals surface area contributed by atoms with Crippen LogP contribution < -0.4 is 14.8 Å². The standard InChI is InChI=1S/C20H20N2O5/c1-13-5-7-15(22(24)25)12-16(13)19(23)21-14-6-8-17-18(11-14)27-20(26-17)9-3-2-4-10-20/h5-8,11-12H,2-4,9-10H2,1H3,(H,21,23). The monoisotopic (exact) mass is 368 g/mol. The maximum absolute atomic E-state index is 12.6. The Labute approximate surface area is 156 Å². The molecular weight excluding hydrogens is 348 g/mol. The normalized spacial score (nSPS) is 16.9. The molecule has 2 aliphatic rings. The molecule has 1 heterocycles. The number of rotatable bonds is 3. The molecule has 1 amide bonds. The van der Waals surface area contributed by atoms with Crippen LogP contribution in [-0.2, 0) is 0 Å². The van der Waals surface area contributed by atoms with Crippen molar-refractivity contribution < 1.29 is 19.2 Å². The third-order valence-corrected chi connectivity index (χ3v) is 5.09. The van der Waals surface area contributed by atoms with E-state index in [-0.39, 0.29) is 11.3 Å². The average molecular weight is 368 g/mol. The summed E-state index contributed by atoms with van der Waals surface area (Å²) in [5.41, 5.74) is 1.38. The van der Waals surface area contributed by atoms with E-state index in [0.29, 0.717) is 22.7 Å². The summed E-state index contributed by atoms with van der Waals surface area (Å²) in [4.78, 5) is 23.0. The Hall–Kier alpha value is -3.09. The van der Waals surface area contributed by atoms with Crippen molar-refractivity contribution in [3.05, 3.63) is 57.6 Å². The summed E-state index contributed by atoms with van der Waals surface area (Å²) < 4.78 is 12.1. The first-order valence-corrected chi connectivity index (χ1v) is 9.04. The van der Waals surface area contributed by atoms with E-state index in [9.17, 15) is 14.9 Å². The average Bonchev–Trinajstić information content (AvgIpc) is 2.98. The van der Waals surface area contributed by atoms with Crippen molar-refractivity contribution in [2.45, 2.75) is 44.8 Å². The molecule has 1 fully saturated rings. The molecule has 1 saturated carbocycles. The fraction of sp³-hybridized carbons (Fsp3) is 0.350. The molecule has 1 aliphatic heterocycles. The maximum Gasteiger partial charge on any atom is 0.270 e. The second-order valence-corrected chi connectivity index (χ2v) is 7.05. The number of nitrogens with zero attached hydrogens (tertiary/aromatic N) is 1. The molecule has 0 atom stereocenters. The molecule has 1 N–H and O–H groups in total. The lowest BCUT2D eigenvalue weighted by Gasteiger charge is -2.31. The summed E-state index contributed by atoms with van der Waals surface area (Å²) >= 11 is 0. The number of hydrogen-bond donors (Lipinski definition) is 1. The van der Waals surface area contributed by atoms with Crippen molar-refractivity contribution in [2.24, 2.45) is 0 Å². The molecule has 27 heavy (non-hydrogen) atoms. The number of aryl methyl sites for hydroxylation is 1. The number of ether oxygens (including phenoxy) is 2. The molecular formula is C20H20N2O5. The SMILES string of the molecule is Cc1ccc([N+](=O)[O-])cc1C(=O)Nc1ccc2c(c1)OC1(CCCCC1)O2. The Morgan fingerprint density at radius 3 is 2.56 bits per heavy atom. The first-order valence-electron chi connectivity index (χ1n) is 9.04. The lowest BCUT2D eigenvalue weighted by Crippen LogP contribution is -2.40. The van der Waals surface area contributed by atoms with E-state index in [4.69, 9.17) is 9.47 Å². The van der Waals surface area contributed by atoms with Gasteiger partial charge in [0.25, 0.3) is 17.4 Å². The topological polar surface area (TPSA) is 90.7 Å². The number of non-ortho nitro benzene ring substituents is 1. The summed E-state index contributed by atoms with van der Waals surface area (Å²) in [7, 11) is 0. The smallest absolute Gasteiger partial charge is 0.270 e. The Balaban J connectivity index is 1.53. The second kappa shape index (κ2) is 6.57. The number of fused-ring (bicyclic) bond motifs is 1. The van der Waals surface area contributed by atoms with Gasteiger partial charge in [-0.25, -0.2) is 0 Å². The highest BCUT2D eigenvalue weighted by atomic mass is 16.7. The molecule has 2 aromatic carbocycles. The number of nitro benzene ring substituents is 1. The quantitative estimate of drug-likeness (QED) is 0.632. The second-order valence-electron chi connectivity index (χ2n) is 7.05. The van der Waals surface area contributed by atoms with Crippen LogP contribution in [0.4, 0.5) is 11.4 Å². The van der Waals surface area contributed by atoms with Gasteiger partial charge >= 0.3 is 0 Å². The highest BCUT2D eigenvalue weighted by Crippen LogP contribution is 2.46. The largest absolute Gasteiger partial charge is 0.448 e. The van der Waals surface area contributed by atoms with Crippen LogP contribution in [-0.4, -0.2) is 16.6 Å². The zero-order valence-corrected chi connectivity index (χ0v) is 15.0. The van der Waals surface area contributed by atoms with Crippen LogP contribution in [0.25, 0.3) is 0 Å². The van der Waals surface area contributed by atoms with E-state index >= 15 is 0 Å². The Bertz CT molecular complexity index is 919. The van der Waals surface area contributed by atoms with Gasteiger partial charge in [0.05, 0.1) is 4.92 Å². The summed E-state index contributed by atoms with van der Waals surface area (Å²) in [5.74, 6) is 0.328. The lowest BCUT2D eigenvalue weighted by molar-refractivity contribution is -0.384. The Morgan fingerprint density at radius 2 is 1.81 bits per heavy atom. The minimum atomic E-state index is -0.570. The van der Waals surface area contributed by atoms with Gasteiger partial charge in [0.1, 0.15) is 0 Å². The van der Waals surface area contributed by atoms with Crippen molar-refractivity contribution in [3.8, 4) is 11.5 Å². The van der Waals surface area contributed by atoms with E-state index < -0.39 is 16.6 Å². The zero-order chi connectivity index (χ0) is 19.0. The molecule has 7 nitrogen and oxygen atoms in total. The molecule has 0 bridgehead atoms. The predicted octanol–water partition coefficient (Wildman–Crippen LogP) is 4.59. The number of nitrogens with one attached hydrogen (secondary N) is 1. The van der Waals surface area contributed by atoms with E-state index in [1.54, 1.807) is 31.2 Å². The van der Waals surface area contributed by atoms with Crippen molar-refractivity contribution in [1.82, 2.24) is 0 Å². The third-order valence-electron chi connectivity index (χ3n) is 5.09. The summed E-state index contributed by atoms with van der Waals surface area (Å²) in [6.07, 6.45) is 5.05. The van der Waals surface area contributed by atoms with Crippen LogP contribution in [0, 0.1) is 17.0 Å². The zero-order valence-electron chi connectivity index (χ0n) is 15.0. The molecule has 140 valence electrons. The van der Waals surface area contributed by atoms with E-state index in [2.05, 4.69) is 5.32 Å². The van der Waals surface area contributed by atoms with Gasteiger partial charge in [0.2, 0.25) is 0 Å². The first-order chi connectivity index (χ1) is 13.0. The van der Waals surface area contributed by atoms with Gasteiger partial charge in [0.15, 0.2) is 11.5 Å². The number of amides is 1. The lowest BCUT2D eigenvalue weighted by atomic mass is 9.94. The number of anilines is 1.